The lowest BCUT2D eigenvalue weighted by atomic mass is 9.86. The molecule has 1 aliphatic carbocycles. The zero-order valence-electron chi connectivity index (χ0n) is 18.0. The first kappa shape index (κ1) is 21.7. The SMILES string of the molecule is COc1ccc(C[C@@H](NC(=O)N[C@H]2CC[C@H](C(=O)O)CC2)c2nc3ccccc3[nH]2)cc1. The quantitative estimate of drug-likeness (QED) is 0.450. The summed E-state index contributed by atoms with van der Waals surface area (Å²) in [5.41, 5.74) is 2.80. The van der Waals surface area contributed by atoms with Gasteiger partial charge < -0.3 is 25.5 Å². The summed E-state index contributed by atoms with van der Waals surface area (Å²) in [6.45, 7) is 0. The van der Waals surface area contributed by atoms with Crippen LogP contribution in [0.4, 0.5) is 4.79 Å². The number of methoxy groups -OCH3 is 1. The van der Waals surface area contributed by atoms with E-state index in [1.165, 1.54) is 0 Å². The predicted octanol–water partition coefficient (Wildman–Crippen LogP) is 3.80. The molecule has 1 aromatic heterocycles. The monoisotopic (exact) mass is 436 g/mol. The van der Waals surface area contributed by atoms with Crippen molar-refractivity contribution in [2.24, 2.45) is 5.92 Å². The molecule has 8 nitrogen and oxygen atoms in total. The molecule has 4 rings (SSSR count). The van der Waals surface area contributed by atoms with E-state index in [1.54, 1.807) is 7.11 Å². The standard InChI is InChI=1S/C24H28N4O4/c1-32-18-12-6-15(7-13-18)14-21(22-26-19-4-2-3-5-20(19)27-22)28-24(31)25-17-10-8-16(9-11-17)23(29)30/h2-7,12-13,16-17,21H,8-11,14H2,1H3,(H,26,27)(H,29,30)(H2,25,28,31)/t16-,17-,21-/m1/s1. The van der Waals surface area contributed by atoms with E-state index in [1.807, 2.05) is 48.5 Å². The molecule has 0 bridgehead atoms. The molecule has 32 heavy (non-hydrogen) atoms. The summed E-state index contributed by atoms with van der Waals surface area (Å²) < 4.78 is 5.24. The third-order valence-corrected chi connectivity index (χ3v) is 6.05. The number of carboxylic acids is 1. The minimum absolute atomic E-state index is 0.0251. The number of hydrogen-bond acceptors (Lipinski definition) is 4. The number of benzene rings is 2. The largest absolute Gasteiger partial charge is 0.497 e. The molecule has 1 atom stereocenters. The van der Waals surface area contributed by atoms with E-state index < -0.39 is 5.97 Å². The highest BCUT2D eigenvalue weighted by molar-refractivity contribution is 5.77. The van der Waals surface area contributed by atoms with Gasteiger partial charge >= 0.3 is 12.0 Å². The van der Waals surface area contributed by atoms with E-state index in [0.717, 1.165) is 22.3 Å². The number of carboxylic acid groups (broad SMARTS) is 1. The highest BCUT2D eigenvalue weighted by Gasteiger charge is 2.27. The predicted molar refractivity (Wildman–Crippen MR) is 121 cm³/mol. The Morgan fingerprint density at radius 3 is 2.50 bits per heavy atom. The first-order valence-electron chi connectivity index (χ1n) is 10.9. The van der Waals surface area contributed by atoms with Gasteiger partial charge in [-0.2, -0.15) is 0 Å². The van der Waals surface area contributed by atoms with Crippen molar-refractivity contribution in [3.05, 3.63) is 59.9 Å². The Kier molecular flexibility index (Phi) is 6.58. The second-order valence-corrected chi connectivity index (χ2v) is 8.25. The molecule has 1 saturated carbocycles. The Balaban J connectivity index is 1.47. The van der Waals surface area contributed by atoms with E-state index in [9.17, 15) is 9.59 Å². The fourth-order valence-corrected chi connectivity index (χ4v) is 4.22. The smallest absolute Gasteiger partial charge is 0.315 e. The van der Waals surface area contributed by atoms with Crippen LogP contribution in [0.25, 0.3) is 11.0 Å². The van der Waals surface area contributed by atoms with E-state index >= 15 is 0 Å². The van der Waals surface area contributed by atoms with Crippen LogP contribution >= 0.6 is 0 Å². The number of aliphatic carboxylic acids is 1. The lowest BCUT2D eigenvalue weighted by Gasteiger charge is -2.27. The number of nitrogens with one attached hydrogen (secondary N) is 3. The van der Waals surface area contributed by atoms with Gasteiger partial charge in [0.25, 0.3) is 0 Å². The Morgan fingerprint density at radius 1 is 1.12 bits per heavy atom. The van der Waals surface area contributed by atoms with Gasteiger partial charge in [-0.15, -0.1) is 0 Å². The van der Waals surface area contributed by atoms with Crippen LogP contribution in [-0.2, 0) is 11.2 Å². The number of para-hydroxylation sites is 2. The van der Waals surface area contributed by atoms with Gasteiger partial charge in [0, 0.05) is 6.04 Å². The molecule has 1 aliphatic rings. The van der Waals surface area contributed by atoms with Crippen LogP contribution in [0.2, 0.25) is 0 Å². The van der Waals surface area contributed by atoms with E-state index in [4.69, 9.17) is 9.84 Å². The van der Waals surface area contributed by atoms with Crippen molar-refractivity contribution in [3.8, 4) is 5.75 Å². The number of urea groups is 1. The summed E-state index contributed by atoms with van der Waals surface area (Å²) in [5, 5.41) is 15.2. The highest BCUT2D eigenvalue weighted by atomic mass is 16.5. The Hall–Kier alpha value is -3.55. The summed E-state index contributed by atoms with van der Waals surface area (Å²) in [4.78, 5) is 32.0. The lowest BCUT2D eigenvalue weighted by molar-refractivity contribution is -0.142. The molecule has 2 aromatic carbocycles. The number of H-pyrrole nitrogens is 1. The second-order valence-electron chi connectivity index (χ2n) is 8.25. The van der Waals surface area contributed by atoms with Gasteiger partial charge in [-0.3, -0.25) is 4.79 Å². The minimum Gasteiger partial charge on any atom is -0.497 e. The molecular formula is C24H28N4O4. The lowest BCUT2D eigenvalue weighted by Crippen LogP contribution is -2.45. The third-order valence-electron chi connectivity index (χ3n) is 6.05. The molecular weight excluding hydrogens is 408 g/mol. The molecule has 168 valence electrons. The molecule has 1 heterocycles. The number of aromatic nitrogens is 2. The molecule has 0 unspecified atom stereocenters. The van der Waals surface area contributed by atoms with Crippen molar-refractivity contribution >= 4 is 23.0 Å². The number of rotatable bonds is 7. The maximum Gasteiger partial charge on any atom is 0.315 e. The van der Waals surface area contributed by atoms with Crippen molar-refractivity contribution in [1.29, 1.82) is 0 Å². The second kappa shape index (κ2) is 9.72. The van der Waals surface area contributed by atoms with Crippen molar-refractivity contribution < 1.29 is 19.4 Å². The Labute approximate surface area is 186 Å². The summed E-state index contributed by atoms with van der Waals surface area (Å²) >= 11 is 0. The number of ether oxygens (including phenoxy) is 1. The van der Waals surface area contributed by atoms with E-state index in [2.05, 4.69) is 20.6 Å². The number of amides is 2. The fraction of sp³-hybridized carbons (Fsp3) is 0.375. The molecule has 0 radical (unpaired) electrons. The van der Waals surface area contributed by atoms with Crippen LogP contribution in [0.15, 0.2) is 48.5 Å². The summed E-state index contributed by atoms with van der Waals surface area (Å²) in [5.74, 6) is 0.398. The number of aromatic amines is 1. The summed E-state index contributed by atoms with van der Waals surface area (Å²) in [7, 11) is 1.63. The van der Waals surface area contributed by atoms with Gasteiger partial charge in [0.05, 0.1) is 30.1 Å². The Morgan fingerprint density at radius 2 is 1.84 bits per heavy atom. The molecule has 3 aromatic rings. The van der Waals surface area contributed by atoms with Gasteiger partial charge in [0.1, 0.15) is 11.6 Å². The van der Waals surface area contributed by atoms with Gasteiger partial charge in [-0.1, -0.05) is 24.3 Å². The van der Waals surface area contributed by atoms with Crippen LogP contribution in [-0.4, -0.2) is 40.2 Å². The molecule has 2 amide bonds. The minimum atomic E-state index is -0.752. The van der Waals surface area contributed by atoms with Crippen LogP contribution in [0.5, 0.6) is 5.75 Å². The van der Waals surface area contributed by atoms with Crippen LogP contribution < -0.4 is 15.4 Å². The van der Waals surface area contributed by atoms with Gasteiger partial charge in [0.2, 0.25) is 0 Å². The molecule has 0 spiro atoms. The summed E-state index contributed by atoms with van der Waals surface area (Å²) in [6.07, 6.45) is 3.05. The normalized spacial score (nSPS) is 19.3. The van der Waals surface area contributed by atoms with Gasteiger partial charge in [-0.05, 0) is 61.9 Å². The first-order valence-corrected chi connectivity index (χ1v) is 10.9. The maximum atomic E-state index is 12.8. The third kappa shape index (κ3) is 5.19. The highest BCUT2D eigenvalue weighted by Crippen LogP contribution is 2.25. The zero-order chi connectivity index (χ0) is 22.5. The van der Waals surface area contributed by atoms with Crippen molar-refractivity contribution in [1.82, 2.24) is 20.6 Å². The molecule has 4 N–H and O–H groups in total. The van der Waals surface area contributed by atoms with Crippen molar-refractivity contribution in [2.45, 2.75) is 44.2 Å². The van der Waals surface area contributed by atoms with Crippen LogP contribution in [0, 0.1) is 5.92 Å². The number of carbonyl (C=O) groups is 2. The molecule has 1 fully saturated rings. The van der Waals surface area contributed by atoms with Gasteiger partial charge in [-0.25, -0.2) is 9.78 Å². The molecule has 0 saturated heterocycles. The number of imidazole rings is 1. The fourth-order valence-electron chi connectivity index (χ4n) is 4.22. The average molecular weight is 437 g/mol. The van der Waals surface area contributed by atoms with Crippen molar-refractivity contribution in [3.63, 3.8) is 0 Å². The molecule has 0 aliphatic heterocycles. The maximum absolute atomic E-state index is 12.8. The number of nitrogens with zero attached hydrogens (tertiary/aromatic N) is 1. The number of carbonyl (C=O) groups excluding carboxylic acids is 1. The number of hydrogen-bond donors (Lipinski definition) is 4. The average Bonchev–Trinajstić information content (AvgIpc) is 3.24. The topological polar surface area (TPSA) is 116 Å². The van der Waals surface area contributed by atoms with E-state index in [-0.39, 0.29) is 24.0 Å². The van der Waals surface area contributed by atoms with Gasteiger partial charge in [0.15, 0.2) is 0 Å². The van der Waals surface area contributed by atoms with Crippen LogP contribution in [0.3, 0.4) is 0 Å². The summed E-state index contributed by atoms with van der Waals surface area (Å²) in [6, 6.07) is 14.8. The number of fused-ring (bicyclic) bond motifs is 1. The van der Waals surface area contributed by atoms with Crippen molar-refractivity contribution in [2.75, 3.05) is 7.11 Å². The molecule has 8 heteroatoms. The Bertz CT molecular complexity index is 1040. The van der Waals surface area contributed by atoms with E-state index in [0.29, 0.717) is 37.9 Å². The first-order chi connectivity index (χ1) is 15.5. The zero-order valence-corrected chi connectivity index (χ0v) is 18.0. The van der Waals surface area contributed by atoms with Crippen LogP contribution in [0.1, 0.15) is 43.1 Å².